The third-order valence-electron chi connectivity index (χ3n) is 2.77. The highest BCUT2D eigenvalue weighted by atomic mass is 28.4. The molecule has 0 spiro atoms. The van der Waals surface area contributed by atoms with Gasteiger partial charge in [-0.3, -0.25) is 0 Å². The Balaban J connectivity index is 4.40. The molecule has 0 fully saturated rings. The van der Waals surface area contributed by atoms with Gasteiger partial charge in [0.25, 0.3) is 0 Å². The Kier molecular flexibility index (Phi) is 8.90. The third-order valence-corrected chi connectivity index (χ3v) is 7.97. The Hall–Kier alpha value is -0.0662. The van der Waals surface area contributed by atoms with E-state index < -0.39 is 17.6 Å². The highest BCUT2D eigenvalue weighted by Gasteiger charge is 2.38. The fraction of sp³-hybridized carbons (Fsp3) is 0.800. The molecule has 0 aliphatic heterocycles. The van der Waals surface area contributed by atoms with E-state index >= 15 is 0 Å². The van der Waals surface area contributed by atoms with E-state index in [9.17, 15) is 0 Å². The molecule has 0 aliphatic carbocycles. The van der Waals surface area contributed by atoms with E-state index in [4.69, 9.17) is 26.6 Å². The standard InChI is InChI=1S/C10H24O6Si2/c1-11-17(12-2,13-3)9-7-8-10-18(14-4,15-5)16-6/h7-8H,9-10H2,1-6H3/b8-7+. The second kappa shape index (κ2) is 8.94. The van der Waals surface area contributed by atoms with Gasteiger partial charge in [-0.2, -0.15) is 0 Å². The van der Waals surface area contributed by atoms with Crippen LogP contribution in [0.2, 0.25) is 12.1 Å². The van der Waals surface area contributed by atoms with Gasteiger partial charge in [0.15, 0.2) is 0 Å². The molecule has 0 atom stereocenters. The summed E-state index contributed by atoms with van der Waals surface area (Å²) in [7, 11) is 4.46. The molecular weight excluding hydrogens is 272 g/mol. The van der Waals surface area contributed by atoms with E-state index in [2.05, 4.69) is 0 Å². The first kappa shape index (κ1) is 17.9. The predicted octanol–water partition coefficient (Wildman–Crippen LogP) is 1.30. The van der Waals surface area contributed by atoms with Gasteiger partial charge >= 0.3 is 17.6 Å². The first-order valence-corrected chi connectivity index (χ1v) is 9.39. The second-order valence-electron chi connectivity index (χ2n) is 3.47. The monoisotopic (exact) mass is 296 g/mol. The summed E-state index contributed by atoms with van der Waals surface area (Å²) in [6, 6.07) is 1.19. The van der Waals surface area contributed by atoms with Crippen molar-refractivity contribution in [1.29, 1.82) is 0 Å². The summed E-state index contributed by atoms with van der Waals surface area (Å²) in [5.74, 6) is 0. The minimum Gasteiger partial charge on any atom is -0.377 e. The van der Waals surface area contributed by atoms with Crippen molar-refractivity contribution in [1.82, 2.24) is 0 Å². The number of hydrogen-bond acceptors (Lipinski definition) is 6. The third kappa shape index (κ3) is 4.90. The molecular formula is C10H24O6Si2. The summed E-state index contributed by atoms with van der Waals surface area (Å²) in [6.07, 6.45) is 3.89. The normalized spacial score (nSPS) is 13.4. The van der Waals surface area contributed by atoms with E-state index in [1.807, 2.05) is 12.2 Å². The molecule has 0 amide bonds. The molecule has 6 nitrogen and oxygen atoms in total. The summed E-state index contributed by atoms with van der Waals surface area (Å²) in [5.41, 5.74) is 0. The molecule has 0 rings (SSSR count). The van der Waals surface area contributed by atoms with E-state index in [1.54, 1.807) is 42.7 Å². The van der Waals surface area contributed by atoms with Gasteiger partial charge in [0.1, 0.15) is 0 Å². The minimum absolute atomic E-state index is 0.595. The topological polar surface area (TPSA) is 55.4 Å². The lowest BCUT2D eigenvalue weighted by Gasteiger charge is -2.24. The molecule has 0 saturated heterocycles. The predicted molar refractivity (Wildman–Crippen MR) is 72.3 cm³/mol. The number of allylic oxidation sites excluding steroid dienone is 2. The van der Waals surface area contributed by atoms with E-state index in [0.29, 0.717) is 12.1 Å². The van der Waals surface area contributed by atoms with Crippen LogP contribution < -0.4 is 0 Å². The second-order valence-corrected chi connectivity index (χ2v) is 9.47. The van der Waals surface area contributed by atoms with Crippen molar-refractivity contribution in [2.45, 2.75) is 12.1 Å². The number of hydrogen-bond donors (Lipinski definition) is 0. The maximum atomic E-state index is 5.31. The summed E-state index contributed by atoms with van der Waals surface area (Å²) < 4.78 is 31.8. The Morgan fingerprint density at radius 1 is 0.556 bits per heavy atom. The van der Waals surface area contributed by atoms with Gasteiger partial charge in [0, 0.05) is 54.7 Å². The zero-order valence-corrected chi connectivity index (χ0v) is 14.0. The van der Waals surface area contributed by atoms with E-state index in [-0.39, 0.29) is 0 Å². The van der Waals surface area contributed by atoms with Gasteiger partial charge in [-0.25, -0.2) is 0 Å². The van der Waals surface area contributed by atoms with Gasteiger partial charge in [0.2, 0.25) is 0 Å². The van der Waals surface area contributed by atoms with Gasteiger partial charge in [-0.15, -0.1) is 0 Å². The van der Waals surface area contributed by atoms with Crippen molar-refractivity contribution < 1.29 is 26.6 Å². The van der Waals surface area contributed by atoms with E-state index in [0.717, 1.165) is 0 Å². The average molecular weight is 296 g/mol. The van der Waals surface area contributed by atoms with Gasteiger partial charge < -0.3 is 26.6 Å². The Morgan fingerprint density at radius 2 is 0.778 bits per heavy atom. The summed E-state index contributed by atoms with van der Waals surface area (Å²) in [4.78, 5) is 0. The van der Waals surface area contributed by atoms with Crippen molar-refractivity contribution in [2.24, 2.45) is 0 Å². The largest absolute Gasteiger partial charge is 0.504 e. The molecule has 0 radical (unpaired) electrons. The minimum atomic E-state index is -2.54. The quantitative estimate of drug-likeness (QED) is 0.447. The van der Waals surface area contributed by atoms with Crippen molar-refractivity contribution in [2.75, 3.05) is 42.7 Å². The molecule has 0 aromatic carbocycles. The maximum Gasteiger partial charge on any atom is 0.504 e. The smallest absolute Gasteiger partial charge is 0.377 e. The first-order valence-electron chi connectivity index (χ1n) is 5.53. The molecule has 0 aromatic rings. The SMILES string of the molecule is CO[Si](C/C=C/C[Si](OC)(OC)OC)(OC)OC. The highest BCUT2D eigenvalue weighted by Crippen LogP contribution is 2.16. The van der Waals surface area contributed by atoms with Crippen LogP contribution in [-0.2, 0) is 26.6 Å². The van der Waals surface area contributed by atoms with Gasteiger partial charge in [0.05, 0.1) is 0 Å². The maximum absolute atomic E-state index is 5.31. The van der Waals surface area contributed by atoms with Crippen LogP contribution in [0.25, 0.3) is 0 Å². The summed E-state index contributed by atoms with van der Waals surface area (Å²) in [6.45, 7) is 0. The van der Waals surface area contributed by atoms with Crippen LogP contribution in [0.3, 0.4) is 0 Å². The lowest BCUT2D eigenvalue weighted by atomic mass is 10.6. The fourth-order valence-electron chi connectivity index (χ4n) is 1.46. The Morgan fingerprint density at radius 3 is 0.944 bits per heavy atom. The van der Waals surface area contributed by atoms with Crippen molar-refractivity contribution >= 4 is 17.6 Å². The lowest BCUT2D eigenvalue weighted by Crippen LogP contribution is -2.43. The fourth-order valence-corrected chi connectivity index (χ4v) is 4.37. The highest BCUT2D eigenvalue weighted by molar-refractivity contribution is 6.61. The van der Waals surface area contributed by atoms with Crippen molar-refractivity contribution in [3.63, 3.8) is 0 Å². The molecule has 0 aromatic heterocycles. The van der Waals surface area contributed by atoms with Crippen LogP contribution in [-0.4, -0.2) is 60.3 Å². The van der Waals surface area contributed by atoms with E-state index in [1.165, 1.54) is 0 Å². The summed E-state index contributed by atoms with van der Waals surface area (Å²) in [5, 5.41) is 0. The molecule has 8 heteroatoms. The van der Waals surface area contributed by atoms with Gasteiger partial charge in [-0.05, 0) is 0 Å². The summed E-state index contributed by atoms with van der Waals surface area (Å²) >= 11 is 0. The molecule has 18 heavy (non-hydrogen) atoms. The van der Waals surface area contributed by atoms with Gasteiger partial charge in [-0.1, -0.05) is 12.2 Å². The molecule has 0 heterocycles. The van der Waals surface area contributed by atoms with Crippen molar-refractivity contribution in [3.05, 3.63) is 12.2 Å². The molecule has 0 aliphatic rings. The molecule has 0 bridgehead atoms. The Labute approximate surface area is 112 Å². The zero-order valence-electron chi connectivity index (χ0n) is 12.0. The molecule has 0 N–H and O–H groups in total. The van der Waals surface area contributed by atoms with Crippen LogP contribution in [0.1, 0.15) is 0 Å². The average Bonchev–Trinajstić information content (AvgIpc) is 2.45. The molecule has 0 unspecified atom stereocenters. The van der Waals surface area contributed by atoms with Crippen LogP contribution in [0.15, 0.2) is 12.2 Å². The lowest BCUT2D eigenvalue weighted by molar-refractivity contribution is 0.125. The zero-order chi connectivity index (χ0) is 14.1. The molecule has 108 valence electrons. The van der Waals surface area contributed by atoms with Crippen LogP contribution in [0.4, 0.5) is 0 Å². The van der Waals surface area contributed by atoms with Crippen LogP contribution in [0.5, 0.6) is 0 Å². The van der Waals surface area contributed by atoms with Crippen molar-refractivity contribution in [3.8, 4) is 0 Å². The first-order chi connectivity index (χ1) is 8.57. The van der Waals surface area contributed by atoms with Crippen LogP contribution in [0, 0.1) is 0 Å². The van der Waals surface area contributed by atoms with Crippen LogP contribution >= 0.6 is 0 Å². The molecule has 0 saturated carbocycles. The Bertz CT molecular complexity index is 200. The number of rotatable bonds is 10.